The minimum Gasteiger partial charge on any atom is -0.393 e. The fraction of sp³-hybridized carbons (Fsp3) is 0.929. The van der Waals surface area contributed by atoms with Crippen LogP contribution in [0.25, 0.3) is 0 Å². The Bertz CT molecular complexity index is 449. The zero-order chi connectivity index (χ0) is 22.0. The minimum atomic E-state index is -0.117. The van der Waals surface area contributed by atoms with Crippen molar-refractivity contribution in [3.63, 3.8) is 0 Å². The van der Waals surface area contributed by atoms with Crippen molar-refractivity contribution in [2.24, 2.45) is 35.0 Å². The number of aliphatic hydroxyl groups excluding tert-OH is 1. The monoisotopic (exact) mass is 406 g/mol. The summed E-state index contributed by atoms with van der Waals surface area (Å²) in [6.07, 6.45) is 15.1. The molecule has 1 saturated carbocycles. The van der Waals surface area contributed by atoms with Crippen LogP contribution in [0.15, 0.2) is 12.2 Å². The normalized spacial score (nSPS) is 29.6. The van der Waals surface area contributed by atoms with E-state index in [0.717, 1.165) is 42.4 Å². The van der Waals surface area contributed by atoms with Gasteiger partial charge in [0.05, 0.1) is 6.10 Å². The molecule has 5 atom stereocenters. The van der Waals surface area contributed by atoms with Gasteiger partial charge < -0.3 is 5.11 Å². The summed E-state index contributed by atoms with van der Waals surface area (Å²) in [6, 6.07) is 0. The fourth-order valence-electron chi connectivity index (χ4n) is 5.66. The van der Waals surface area contributed by atoms with E-state index < -0.39 is 0 Å². The summed E-state index contributed by atoms with van der Waals surface area (Å²) in [4.78, 5) is 0. The van der Waals surface area contributed by atoms with E-state index >= 15 is 0 Å². The highest BCUT2D eigenvalue weighted by atomic mass is 16.3. The third kappa shape index (κ3) is 11.6. The molecule has 0 aromatic heterocycles. The lowest BCUT2D eigenvalue weighted by Gasteiger charge is -2.39. The number of hydrogen-bond donors (Lipinski definition) is 1. The van der Waals surface area contributed by atoms with Crippen LogP contribution in [0, 0.1) is 35.0 Å². The molecule has 5 unspecified atom stereocenters. The predicted octanol–water partition coefficient (Wildman–Crippen LogP) is 8.81. The predicted molar refractivity (Wildman–Crippen MR) is 130 cm³/mol. The lowest BCUT2D eigenvalue weighted by Crippen LogP contribution is -2.31. The van der Waals surface area contributed by atoms with Crippen molar-refractivity contribution in [2.75, 3.05) is 0 Å². The van der Waals surface area contributed by atoms with E-state index in [9.17, 15) is 5.11 Å². The summed E-state index contributed by atoms with van der Waals surface area (Å²) in [5.41, 5.74) is 1.58. The van der Waals surface area contributed by atoms with Crippen molar-refractivity contribution < 1.29 is 5.11 Å². The Kier molecular flexibility index (Phi) is 12.2. The zero-order valence-corrected chi connectivity index (χ0v) is 21.1. The molecule has 1 fully saturated rings. The van der Waals surface area contributed by atoms with Crippen LogP contribution in [0.1, 0.15) is 126 Å². The molecular formula is C28H54O. The Hall–Kier alpha value is -0.300. The summed E-state index contributed by atoms with van der Waals surface area (Å²) in [5, 5.41) is 10.6. The van der Waals surface area contributed by atoms with Crippen LogP contribution in [0.5, 0.6) is 0 Å². The second kappa shape index (κ2) is 13.2. The van der Waals surface area contributed by atoms with Crippen LogP contribution in [-0.4, -0.2) is 11.2 Å². The molecule has 1 N–H and O–H groups in total. The van der Waals surface area contributed by atoms with Crippen molar-refractivity contribution in [3.05, 3.63) is 12.2 Å². The molecular weight excluding hydrogens is 352 g/mol. The van der Waals surface area contributed by atoms with Gasteiger partial charge in [-0.3, -0.25) is 0 Å². The first-order valence-electron chi connectivity index (χ1n) is 12.8. The first-order chi connectivity index (χ1) is 13.5. The van der Waals surface area contributed by atoms with Gasteiger partial charge in [0.1, 0.15) is 0 Å². The van der Waals surface area contributed by atoms with E-state index in [-0.39, 0.29) is 11.5 Å². The van der Waals surface area contributed by atoms with E-state index in [1.807, 2.05) is 0 Å². The number of rotatable bonds is 10. The first kappa shape index (κ1) is 26.7. The lowest BCUT2D eigenvalue weighted by atomic mass is 9.67. The number of unbranched alkanes of at least 4 members (excludes halogenated alkanes) is 1. The molecule has 1 aliphatic rings. The summed E-state index contributed by atoms with van der Waals surface area (Å²) in [7, 11) is 0. The Labute approximate surface area is 184 Å². The summed E-state index contributed by atoms with van der Waals surface area (Å²) >= 11 is 0. The SMILES string of the molecule is C=C(C)CCCCC(CCCC(C)C)C1CC(C)C(C)CCC(O)CC(C)(C)C1. The summed E-state index contributed by atoms with van der Waals surface area (Å²) in [6.45, 7) is 20.7. The second-order valence-electron chi connectivity index (χ2n) is 12.0. The standard InChI is InChI=1S/C28H54O/c1-21(2)12-9-10-14-25(15-11-13-22(3)4)26-18-24(6)23(5)16-17-27(29)20-28(7,8)19-26/h22-27,29H,1,9-20H2,2-8H3. The molecule has 0 amide bonds. The number of aliphatic hydroxyl groups is 1. The lowest BCUT2D eigenvalue weighted by molar-refractivity contribution is 0.0564. The Morgan fingerprint density at radius 3 is 2.24 bits per heavy atom. The molecule has 1 nitrogen and oxygen atoms in total. The van der Waals surface area contributed by atoms with Crippen molar-refractivity contribution in [1.29, 1.82) is 0 Å². The average molecular weight is 407 g/mol. The van der Waals surface area contributed by atoms with Crippen LogP contribution >= 0.6 is 0 Å². The van der Waals surface area contributed by atoms with E-state index in [2.05, 4.69) is 55.0 Å². The second-order valence-corrected chi connectivity index (χ2v) is 12.0. The Morgan fingerprint density at radius 1 is 0.966 bits per heavy atom. The maximum Gasteiger partial charge on any atom is 0.0545 e. The Morgan fingerprint density at radius 2 is 1.62 bits per heavy atom. The van der Waals surface area contributed by atoms with Crippen LogP contribution in [-0.2, 0) is 0 Å². The zero-order valence-electron chi connectivity index (χ0n) is 21.1. The largest absolute Gasteiger partial charge is 0.393 e. The first-order valence-corrected chi connectivity index (χ1v) is 12.8. The molecule has 1 rings (SSSR count). The molecule has 0 bridgehead atoms. The van der Waals surface area contributed by atoms with Gasteiger partial charge in [-0.1, -0.05) is 79.2 Å². The fourth-order valence-corrected chi connectivity index (χ4v) is 5.66. The van der Waals surface area contributed by atoms with Crippen molar-refractivity contribution >= 4 is 0 Å². The van der Waals surface area contributed by atoms with Crippen molar-refractivity contribution in [1.82, 2.24) is 0 Å². The van der Waals surface area contributed by atoms with Crippen LogP contribution in [0.4, 0.5) is 0 Å². The molecule has 0 radical (unpaired) electrons. The smallest absolute Gasteiger partial charge is 0.0545 e. The van der Waals surface area contributed by atoms with Gasteiger partial charge >= 0.3 is 0 Å². The molecule has 172 valence electrons. The van der Waals surface area contributed by atoms with Gasteiger partial charge in [0.2, 0.25) is 0 Å². The highest BCUT2D eigenvalue weighted by molar-refractivity contribution is 4.88. The molecule has 1 aliphatic carbocycles. The summed E-state index contributed by atoms with van der Waals surface area (Å²) < 4.78 is 0. The van der Waals surface area contributed by atoms with Gasteiger partial charge in [-0.05, 0) is 86.9 Å². The highest BCUT2D eigenvalue weighted by Gasteiger charge is 2.33. The third-order valence-electron chi connectivity index (χ3n) is 7.66. The van der Waals surface area contributed by atoms with Gasteiger partial charge in [-0.15, -0.1) is 6.58 Å². The van der Waals surface area contributed by atoms with Crippen LogP contribution in [0.3, 0.4) is 0 Å². The van der Waals surface area contributed by atoms with E-state index in [4.69, 9.17) is 0 Å². The highest BCUT2D eigenvalue weighted by Crippen LogP contribution is 2.43. The van der Waals surface area contributed by atoms with Crippen molar-refractivity contribution in [2.45, 2.75) is 132 Å². The van der Waals surface area contributed by atoms with E-state index in [1.54, 1.807) is 0 Å². The quantitative estimate of drug-likeness (QED) is 0.284. The van der Waals surface area contributed by atoms with Gasteiger partial charge in [0.25, 0.3) is 0 Å². The number of hydrogen-bond acceptors (Lipinski definition) is 1. The van der Waals surface area contributed by atoms with Crippen LogP contribution in [0.2, 0.25) is 0 Å². The maximum absolute atomic E-state index is 10.6. The van der Waals surface area contributed by atoms with Gasteiger partial charge in [0.15, 0.2) is 0 Å². The van der Waals surface area contributed by atoms with Gasteiger partial charge in [-0.25, -0.2) is 0 Å². The number of allylic oxidation sites excluding steroid dienone is 1. The molecule has 0 heterocycles. The molecule has 1 heteroatoms. The topological polar surface area (TPSA) is 20.2 Å². The Balaban J connectivity index is 2.91. The molecule has 0 spiro atoms. The van der Waals surface area contributed by atoms with Crippen LogP contribution < -0.4 is 0 Å². The molecule has 0 saturated heterocycles. The summed E-state index contributed by atoms with van der Waals surface area (Å²) in [5.74, 6) is 3.97. The molecule has 0 aliphatic heterocycles. The maximum atomic E-state index is 10.6. The van der Waals surface area contributed by atoms with E-state index in [1.165, 1.54) is 69.8 Å². The van der Waals surface area contributed by atoms with Gasteiger partial charge in [0, 0.05) is 0 Å². The third-order valence-corrected chi connectivity index (χ3v) is 7.66. The molecule has 0 aromatic carbocycles. The minimum absolute atomic E-state index is 0.117. The molecule has 29 heavy (non-hydrogen) atoms. The average Bonchev–Trinajstić information content (AvgIpc) is 2.59. The van der Waals surface area contributed by atoms with Gasteiger partial charge in [-0.2, -0.15) is 0 Å². The van der Waals surface area contributed by atoms with Crippen molar-refractivity contribution in [3.8, 4) is 0 Å². The van der Waals surface area contributed by atoms with E-state index in [0.29, 0.717) is 0 Å². The molecule has 0 aromatic rings.